The highest BCUT2D eigenvalue weighted by Gasteiger charge is 2.20. The molecule has 2 heterocycles. The summed E-state index contributed by atoms with van der Waals surface area (Å²) < 4.78 is 11.1. The molecule has 4 heteroatoms. The Labute approximate surface area is 108 Å². The van der Waals surface area contributed by atoms with Gasteiger partial charge in [0, 0.05) is 31.5 Å². The molecule has 0 spiro atoms. The average Bonchev–Trinajstić information content (AvgIpc) is 3.09. The Hall–Kier alpha value is -1.13. The fourth-order valence-electron chi connectivity index (χ4n) is 2.10. The van der Waals surface area contributed by atoms with Gasteiger partial charge in [0.15, 0.2) is 0 Å². The summed E-state index contributed by atoms with van der Waals surface area (Å²) in [6, 6.07) is 4.76. The van der Waals surface area contributed by atoms with Gasteiger partial charge in [0.25, 0.3) is 0 Å². The Morgan fingerprint density at radius 1 is 1.33 bits per heavy atom. The van der Waals surface area contributed by atoms with Gasteiger partial charge >= 0.3 is 0 Å². The highest BCUT2D eigenvalue weighted by atomic mass is 16.5. The second-order valence-corrected chi connectivity index (χ2v) is 5.11. The minimum absolute atomic E-state index is 0.253. The van der Waals surface area contributed by atoms with Gasteiger partial charge in [-0.25, -0.2) is 4.98 Å². The fourth-order valence-corrected chi connectivity index (χ4v) is 2.10. The molecule has 1 aliphatic heterocycles. The van der Waals surface area contributed by atoms with Gasteiger partial charge in [0.05, 0.1) is 6.10 Å². The molecule has 1 saturated carbocycles. The molecular formula is C14H20N2O2. The molecule has 1 saturated heterocycles. The molecule has 0 bridgehead atoms. The molecular weight excluding hydrogens is 228 g/mol. The van der Waals surface area contributed by atoms with Crippen LogP contribution in [0.2, 0.25) is 0 Å². The maximum Gasteiger partial charge on any atom is 0.213 e. The van der Waals surface area contributed by atoms with Crippen LogP contribution in [0.25, 0.3) is 0 Å². The zero-order valence-corrected chi connectivity index (χ0v) is 10.6. The molecule has 1 aromatic rings. The molecule has 1 aliphatic carbocycles. The topological polar surface area (TPSA) is 43.4 Å². The first-order valence-electron chi connectivity index (χ1n) is 6.83. The van der Waals surface area contributed by atoms with Gasteiger partial charge in [0.1, 0.15) is 6.61 Å². The third kappa shape index (κ3) is 3.43. The minimum Gasteiger partial charge on any atom is -0.475 e. The molecule has 2 fully saturated rings. The maximum atomic E-state index is 5.63. The largest absolute Gasteiger partial charge is 0.475 e. The molecule has 3 rings (SSSR count). The van der Waals surface area contributed by atoms with E-state index in [0.29, 0.717) is 12.5 Å². The molecule has 1 unspecified atom stereocenters. The van der Waals surface area contributed by atoms with E-state index in [1.54, 1.807) is 0 Å². The van der Waals surface area contributed by atoms with Crippen LogP contribution in [0, 0.1) is 0 Å². The lowest BCUT2D eigenvalue weighted by Crippen LogP contribution is -2.17. The highest BCUT2D eigenvalue weighted by Crippen LogP contribution is 2.19. The zero-order chi connectivity index (χ0) is 12.2. The van der Waals surface area contributed by atoms with Crippen molar-refractivity contribution in [2.45, 2.75) is 44.4 Å². The van der Waals surface area contributed by atoms with Crippen LogP contribution >= 0.6 is 0 Å². The second-order valence-electron chi connectivity index (χ2n) is 5.11. The van der Waals surface area contributed by atoms with E-state index in [1.807, 2.05) is 12.3 Å². The van der Waals surface area contributed by atoms with E-state index in [9.17, 15) is 0 Å². The summed E-state index contributed by atoms with van der Waals surface area (Å²) >= 11 is 0. The zero-order valence-electron chi connectivity index (χ0n) is 10.6. The van der Waals surface area contributed by atoms with Crippen molar-refractivity contribution in [2.24, 2.45) is 0 Å². The quantitative estimate of drug-likeness (QED) is 0.835. The number of ether oxygens (including phenoxy) is 2. The van der Waals surface area contributed by atoms with Gasteiger partial charge in [-0.05, 0) is 31.2 Å². The fraction of sp³-hybridized carbons (Fsp3) is 0.643. The molecule has 0 amide bonds. The first-order chi connectivity index (χ1) is 8.90. The minimum atomic E-state index is 0.253. The third-order valence-corrected chi connectivity index (χ3v) is 3.41. The molecule has 1 atom stereocenters. The summed E-state index contributed by atoms with van der Waals surface area (Å²) in [4.78, 5) is 4.32. The van der Waals surface area contributed by atoms with Gasteiger partial charge in [-0.3, -0.25) is 0 Å². The Kier molecular flexibility index (Phi) is 3.76. The smallest absolute Gasteiger partial charge is 0.213 e. The second kappa shape index (κ2) is 5.67. The van der Waals surface area contributed by atoms with E-state index in [-0.39, 0.29) is 6.10 Å². The van der Waals surface area contributed by atoms with E-state index < -0.39 is 0 Å². The first kappa shape index (κ1) is 11.9. The predicted molar refractivity (Wildman–Crippen MR) is 68.6 cm³/mol. The van der Waals surface area contributed by atoms with Crippen molar-refractivity contribution in [3.05, 3.63) is 23.9 Å². The summed E-state index contributed by atoms with van der Waals surface area (Å²) in [6.07, 6.45) is 7.02. The average molecular weight is 248 g/mol. The number of nitrogens with one attached hydrogen (secondary N) is 1. The predicted octanol–water partition coefficient (Wildman–Crippen LogP) is 1.89. The van der Waals surface area contributed by atoms with Gasteiger partial charge in [0.2, 0.25) is 5.88 Å². The molecule has 18 heavy (non-hydrogen) atoms. The van der Waals surface area contributed by atoms with Crippen molar-refractivity contribution in [3.63, 3.8) is 0 Å². The van der Waals surface area contributed by atoms with E-state index in [4.69, 9.17) is 9.47 Å². The van der Waals surface area contributed by atoms with Crippen LogP contribution in [-0.4, -0.2) is 30.3 Å². The van der Waals surface area contributed by atoms with Crippen molar-refractivity contribution in [1.82, 2.24) is 10.3 Å². The standard InChI is InChI=1S/C14H20N2O2/c1-2-13(17-7-1)10-18-14-6-3-11(9-16-14)8-15-12-4-5-12/h3,6,9,12-13,15H,1-2,4-5,7-8,10H2. The van der Waals surface area contributed by atoms with E-state index in [1.165, 1.54) is 18.4 Å². The van der Waals surface area contributed by atoms with E-state index in [2.05, 4.69) is 16.4 Å². The summed E-state index contributed by atoms with van der Waals surface area (Å²) in [5.74, 6) is 0.695. The van der Waals surface area contributed by atoms with Crippen molar-refractivity contribution in [3.8, 4) is 5.88 Å². The number of hydrogen-bond acceptors (Lipinski definition) is 4. The first-order valence-corrected chi connectivity index (χ1v) is 6.83. The summed E-state index contributed by atoms with van der Waals surface area (Å²) in [7, 11) is 0. The lowest BCUT2D eigenvalue weighted by molar-refractivity contribution is 0.0663. The summed E-state index contributed by atoms with van der Waals surface area (Å²) in [5, 5.41) is 3.47. The summed E-state index contributed by atoms with van der Waals surface area (Å²) in [6.45, 7) is 2.39. The normalized spacial score (nSPS) is 23.2. The molecule has 98 valence electrons. The number of nitrogens with zero attached hydrogens (tertiary/aromatic N) is 1. The number of rotatable bonds is 6. The van der Waals surface area contributed by atoms with E-state index in [0.717, 1.165) is 32.0 Å². The van der Waals surface area contributed by atoms with Crippen LogP contribution in [0.4, 0.5) is 0 Å². The Morgan fingerprint density at radius 3 is 2.94 bits per heavy atom. The summed E-state index contributed by atoms with van der Waals surface area (Å²) in [5.41, 5.74) is 1.21. The molecule has 1 N–H and O–H groups in total. The molecule has 1 aromatic heterocycles. The van der Waals surface area contributed by atoms with Crippen molar-refractivity contribution < 1.29 is 9.47 Å². The maximum absolute atomic E-state index is 5.63. The van der Waals surface area contributed by atoms with E-state index >= 15 is 0 Å². The Balaban J connectivity index is 1.44. The number of pyridine rings is 1. The van der Waals surface area contributed by atoms with Gasteiger partial charge in [-0.15, -0.1) is 0 Å². The highest BCUT2D eigenvalue weighted by molar-refractivity contribution is 5.18. The third-order valence-electron chi connectivity index (χ3n) is 3.41. The monoisotopic (exact) mass is 248 g/mol. The molecule has 0 radical (unpaired) electrons. The van der Waals surface area contributed by atoms with Gasteiger partial charge < -0.3 is 14.8 Å². The number of aromatic nitrogens is 1. The van der Waals surface area contributed by atoms with Crippen molar-refractivity contribution in [1.29, 1.82) is 0 Å². The molecule has 4 nitrogen and oxygen atoms in total. The lowest BCUT2D eigenvalue weighted by Gasteiger charge is -2.11. The van der Waals surface area contributed by atoms with Crippen LogP contribution in [0.3, 0.4) is 0 Å². The lowest BCUT2D eigenvalue weighted by atomic mass is 10.2. The van der Waals surface area contributed by atoms with Crippen LogP contribution in [0.5, 0.6) is 5.88 Å². The van der Waals surface area contributed by atoms with Crippen LogP contribution in [0.1, 0.15) is 31.2 Å². The Bertz CT molecular complexity index is 370. The Morgan fingerprint density at radius 2 is 2.28 bits per heavy atom. The number of hydrogen-bond donors (Lipinski definition) is 1. The van der Waals surface area contributed by atoms with Crippen molar-refractivity contribution >= 4 is 0 Å². The van der Waals surface area contributed by atoms with Crippen LogP contribution in [0.15, 0.2) is 18.3 Å². The van der Waals surface area contributed by atoms with Crippen LogP contribution < -0.4 is 10.1 Å². The molecule has 0 aromatic carbocycles. The van der Waals surface area contributed by atoms with Crippen molar-refractivity contribution in [2.75, 3.05) is 13.2 Å². The molecule has 2 aliphatic rings. The SMILES string of the molecule is c1cc(OCC2CCCO2)ncc1CNC1CC1. The van der Waals surface area contributed by atoms with Crippen LogP contribution in [-0.2, 0) is 11.3 Å². The van der Waals surface area contributed by atoms with Gasteiger partial charge in [-0.2, -0.15) is 0 Å². The van der Waals surface area contributed by atoms with Gasteiger partial charge in [-0.1, -0.05) is 6.07 Å².